The number of hydrogen-bond acceptors (Lipinski definition) is 3. The minimum Gasteiger partial charge on any atom is -0.455 e. The van der Waals surface area contributed by atoms with Crippen LogP contribution >= 0.6 is 0 Å². The van der Waals surface area contributed by atoms with Crippen LogP contribution in [0, 0.1) is 0 Å². The third-order valence-corrected chi connectivity index (χ3v) is 3.88. The fraction of sp³-hybridized carbons (Fsp3) is 0. The standard InChI is InChI=1S/C18H13BO3/c20-19(21)13-10-15(12-6-2-1-3-7-12)18-16(11-13)14-8-4-5-9-17(14)22-18/h1-11,20-21H. The van der Waals surface area contributed by atoms with Crippen molar-refractivity contribution in [3.63, 3.8) is 0 Å². The Morgan fingerprint density at radius 1 is 0.773 bits per heavy atom. The van der Waals surface area contributed by atoms with Crippen LogP contribution in [0.4, 0.5) is 0 Å². The zero-order valence-electron chi connectivity index (χ0n) is 11.7. The van der Waals surface area contributed by atoms with E-state index in [1.54, 1.807) is 12.1 Å². The van der Waals surface area contributed by atoms with E-state index in [1.165, 1.54) is 0 Å². The maximum atomic E-state index is 9.59. The molecule has 0 radical (unpaired) electrons. The average molecular weight is 288 g/mol. The predicted octanol–water partition coefficient (Wildman–Crippen LogP) is 2.93. The van der Waals surface area contributed by atoms with Crippen LogP contribution in [-0.4, -0.2) is 17.2 Å². The monoisotopic (exact) mass is 288 g/mol. The lowest BCUT2D eigenvalue weighted by atomic mass is 9.78. The van der Waals surface area contributed by atoms with Crippen LogP contribution in [0.2, 0.25) is 0 Å². The molecule has 106 valence electrons. The third-order valence-electron chi connectivity index (χ3n) is 3.88. The van der Waals surface area contributed by atoms with Crippen molar-refractivity contribution < 1.29 is 14.5 Å². The van der Waals surface area contributed by atoms with E-state index < -0.39 is 7.12 Å². The SMILES string of the molecule is OB(O)c1cc(-c2ccccc2)c2oc3ccccc3c2c1. The lowest BCUT2D eigenvalue weighted by Crippen LogP contribution is -2.29. The molecule has 4 aromatic rings. The minimum atomic E-state index is -1.51. The Morgan fingerprint density at radius 3 is 2.27 bits per heavy atom. The van der Waals surface area contributed by atoms with Crippen LogP contribution < -0.4 is 5.46 Å². The molecule has 0 bridgehead atoms. The van der Waals surface area contributed by atoms with Crippen molar-refractivity contribution in [3.05, 3.63) is 66.7 Å². The zero-order chi connectivity index (χ0) is 15.1. The van der Waals surface area contributed by atoms with Gasteiger partial charge in [0.2, 0.25) is 0 Å². The summed E-state index contributed by atoms with van der Waals surface area (Å²) < 4.78 is 6.01. The second-order valence-electron chi connectivity index (χ2n) is 5.28. The molecule has 3 nitrogen and oxygen atoms in total. The summed E-state index contributed by atoms with van der Waals surface area (Å²) in [6.45, 7) is 0. The molecule has 0 saturated carbocycles. The number of fused-ring (bicyclic) bond motifs is 3. The largest absolute Gasteiger partial charge is 0.488 e. The molecular formula is C18H13BO3. The van der Waals surface area contributed by atoms with E-state index in [2.05, 4.69) is 0 Å². The number of rotatable bonds is 2. The molecular weight excluding hydrogens is 275 g/mol. The van der Waals surface area contributed by atoms with Crippen LogP contribution in [-0.2, 0) is 0 Å². The zero-order valence-corrected chi connectivity index (χ0v) is 11.7. The fourth-order valence-corrected chi connectivity index (χ4v) is 2.83. The molecule has 1 heterocycles. The maximum absolute atomic E-state index is 9.59. The van der Waals surface area contributed by atoms with Gasteiger partial charge in [-0.3, -0.25) is 0 Å². The molecule has 0 aliphatic rings. The van der Waals surface area contributed by atoms with Crippen LogP contribution in [0.25, 0.3) is 33.1 Å². The highest BCUT2D eigenvalue weighted by Crippen LogP contribution is 2.34. The highest BCUT2D eigenvalue weighted by Gasteiger charge is 2.18. The first-order valence-electron chi connectivity index (χ1n) is 7.11. The molecule has 1 aromatic heterocycles. The molecule has 0 fully saturated rings. The minimum absolute atomic E-state index is 0.456. The average Bonchev–Trinajstić information content (AvgIpc) is 2.93. The fourth-order valence-electron chi connectivity index (χ4n) is 2.83. The Balaban J connectivity index is 2.14. The molecule has 0 saturated heterocycles. The Kier molecular flexibility index (Phi) is 3.00. The van der Waals surface area contributed by atoms with E-state index in [0.29, 0.717) is 5.46 Å². The number of para-hydroxylation sites is 1. The summed E-state index contributed by atoms with van der Waals surface area (Å²) in [5.41, 5.74) is 3.85. The van der Waals surface area contributed by atoms with Gasteiger partial charge in [-0.1, -0.05) is 60.7 Å². The summed E-state index contributed by atoms with van der Waals surface area (Å²) in [6.07, 6.45) is 0. The molecule has 0 aliphatic carbocycles. The van der Waals surface area contributed by atoms with Crippen molar-refractivity contribution in [3.8, 4) is 11.1 Å². The quantitative estimate of drug-likeness (QED) is 0.558. The Labute approximate surface area is 127 Å². The van der Waals surface area contributed by atoms with Gasteiger partial charge in [0, 0.05) is 16.3 Å². The van der Waals surface area contributed by atoms with E-state index >= 15 is 0 Å². The van der Waals surface area contributed by atoms with Gasteiger partial charge in [0.25, 0.3) is 0 Å². The van der Waals surface area contributed by atoms with Crippen molar-refractivity contribution >= 4 is 34.5 Å². The summed E-state index contributed by atoms with van der Waals surface area (Å²) in [4.78, 5) is 0. The van der Waals surface area contributed by atoms with E-state index in [-0.39, 0.29) is 0 Å². The first kappa shape index (κ1) is 13.1. The van der Waals surface area contributed by atoms with Crippen LogP contribution in [0.15, 0.2) is 71.1 Å². The van der Waals surface area contributed by atoms with E-state index in [0.717, 1.165) is 33.1 Å². The van der Waals surface area contributed by atoms with Gasteiger partial charge in [0.05, 0.1) is 0 Å². The molecule has 3 aromatic carbocycles. The van der Waals surface area contributed by atoms with Gasteiger partial charge in [0.15, 0.2) is 0 Å². The molecule has 22 heavy (non-hydrogen) atoms. The highest BCUT2D eigenvalue weighted by molar-refractivity contribution is 6.59. The summed E-state index contributed by atoms with van der Waals surface area (Å²) in [5.74, 6) is 0. The van der Waals surface area contributed by atoms with Crippen LogP contribution in [0.1, 0.15) is 0 Å². The lowest BCUT2D eigenvalue weighted by molar-refractivity contribution is 0.426. The van der Waals surface area contributed by atoms with Crippen molar-refractivity contribution in [1.82, 2.24) is 0 Å². The van der Waals surface area contributed by atoms with Gasteiger partial charge < -0.3 is 14.5 Å². The second kappa shape index (κ2) is 5.02. The summed E-state index contributed by atoms with van der Waals surface area (Å²) in [7, 11) is -1.51. The summed E-state index contributed by atoms with van der Waals surface area (Å²) >= 11 is 0. The van der Waals surface area contributed by atoms with Gasteiger partial charge in [-0.2, -0.15) is 0 Å². The predicted molar refractivity (Wildman–Crippen MR) is 89.0 cm³/mol. The van der Waals surface area contributed by atoms with Crippen molar-refractivity contribution in [1.29, 1.82) is 0 Å². The lowest BCUT2D eigenvalue weighted by Gasteiger charge is -2.06. The van der Waals surface area contributed by atoms with Crippen molar-refractivity contribution in [2.45, 2.75) is 0 Å². The van der Waals surface area contributed by atoms with Crippen LogP contribution in [0.5, 0.6) is 0 Å². The van der Waals surface area contributed by atoms with Gasteiger partial charge in [-0.25, -0.2) is 0 Å². The molecule has 4 heteroatoms. The van der Waals surface area contributed by atoms with E-state index in [4.69, 9.17) is 4.42 Å². The second-order valence-corrected chi connectivity index (χ2v) is 5.28. The Bertz CT molecular complexity index is 958. The molecule has 0 unspecified atom stereocenters. The molecule has 0 amide bonds. The first-order valence-corrected chi connectivity index (χ1v) is 7.11. The number of benzene rings is 3. The maximum Gasteiger partial charge on any atom is 0.488 e. The Hall–Kier alpha value is -2.56. The highest BCUT2D eigenvalue weighted by atomic mass is 16.4. The molecule has 2 N–H and O–H groups in total. The van der Waals surface area contributed by atoms with Crippen molar-refractivity contribution in [2.75, 3.05) is 0 Å². The Morgan fingerprint density at radius 2 is 1.50 bits per heavy atom. The molecule has 0 spiro atoms. The first-order chi connectivity index (χ1) is 10.7. The molecule has 4 rings (SSSR count). The molecule has 0 aliphatic heterocycles. The smallest absolute Gasteiger partial charge is 0.455 e. The van der Waals surface area contributed by atoms with Crippen molar-refractivity contribution in [2.24, 2.45) is 0 Å². The summed E-state index contributed by atoms with van der Waals surface area (Å²) in [5, 5.41) is 21.0. The normalized spacial score (nSPS) is 11.2. The van der Waals surface area contributed by atoms with Gasteiger partial charge in [-0.05, 0) is 17.1 Å². The van der Waals surface area contributed by atoms with E-state index in [1.807, 2.05) is 54.6 Å². The summed E-state index contributed by atoms with van der Waals surface area (Å²) in [6, 6.07) is 21.1. The van der Waals surface area contributed by atoms with Gasteiger partial charge >= 0.3 is 7.12 Å². The third kappa shape index (κ3) is 2.01. The van der Waals surface area contributed by atoms with Gasteiger partial charge in [-0.15, -0.1) is 0 Å². The van der Waals surface area contributed by atoms with Crippen LogP contribution in [0.3, 0.4) is 0 Å². The van der Waals surface area contributed by atoms with E-state index in [9.17, 15) is 10.0 Å². The topological polar surface area (TPSA) is 53.6 Å². The van der Waals surface area contributed by atoms with Gasteiger partial charge in [0.1, 0.15) is 11.2 Å². The number of furan rings is 1. The number of hydrogen-bond donors (Lipinski definition) is 2. The molecule has 0 atom stereocenters.